The first-order valence-electron chi connectivity index (χ1n) is 11.2. The zero-order chi connectivity index (χ0) is 18.9. The van der Waals surface area contributed by atoms with Crippen LogP contribution in [0.15, 0.2) is 24.3 Å². The second-order valence-electron chi connectivity index (χ2n) is 9.32. The molecule has 0 amide bonds. The van der Waals surface area contributed by atoms with Gasteiger partial charge in [-0.05, 0) is 74.0 Å². The van der Waals surface area contributed by atoms with Crippen LogP contribution in [0.5, 0.6) is 0 Å². The molecule has 0 heteroatoms. The normalized spacial score (nSPS) is 26.3. The standard InChI is InChI=1S/C25H46/c1-8-10-11-12-13-18-25(7,24-16-14-21(4)15-17-24)23(6)22(5)19-20(3)9-2/h10-11,20-22,24H,6,8-9,12-19H2,1-5,7H3/b11-10-/t20?,21?,22-,24?,25?/m1/s1. The Morgan fingerprint density at radius 1 is 1.12 bits per heavy atom. The summed E-state index contributed by atoms with van der Waals surface area (Å²) >= 11 is 0. The molecule has 0 aromatic rings. The van der Waals surface area contributed by atoms with Gasteiger partial charge in [-0.15, -0.1) is 0 Å². The zero-order valence-electron chi connectivity index (χ0n) is 18.2. The highest BCUT2D eigenvalue weighted by molar-refractivity contribution is 5.15. The van der Waals surface area contributed by atoms with Crippen molar-refractivity contribution in [2.45, 2.75) is 106 Å². The minimum atomic E-state index is 0.340. The fraction of sp³-hybridized carbons (Fsp3) is 0.840. The molecule has 2 unspecified atom stereocenters. The lowest BCUT2D eigenvalue weighted by Gasteiger charge is -2.45. The number of hydrogen-bond acceptors (Lipinski definition) is 0. The summed E-state index contributed by atoms with van der Waals surface area (Å²) in [4.78, 5) is 0. The fourth-order valence-corrected chi connectivity index (χ4v) is 4.87. The number of hydrogen-bond donors (Lipinski definition) is 0. The highest BCUT2D eigenvalue weighted by atomic mass is 14.4. The average Bonchev–Trinajstić information content (AvgIpc) is 2.61. The largest absolute Gasteiger partial charge is 0.0990 e. The van der Waals surface area contributed by atoms with E-state index in [2.05, 4.69) is 53.7 Å². The molecule has 0 N–H and O–H groups in total. The van der Waals surface area contributed by atoms with Crippen LogP contribution in [0.4, 0.5) is 0 Å². The van der Waals surface area contributed by atoms with E-state index in [-0.39, 0.29) is 0 Å². The van der Waals surface area contributed by atoms with Gasteiger partial charge in [-0.2, -0.15) is 0 Å². The molecule has 1 saturated carbocycles. The third-order valence-electron chi connectivity index (χ3n) is 7.17. The maximum atomic E-state index is 4.71. The molecule has 0 aromatic heterocycles. The third-order valence-corrected chi connectivity index (χ3v) is 7.17. The number of rotatable bonds is 11. The van der Waals surface area contributed by atoms with E-state index in [9.17, 15) is 0 Å². The highest BCUT2D eigenvalue weighted by Gasteiger charge is 2.39. The van der Waals surface area contributed by atoms with Gasteiger partial charge in [0.1, 0.15) is 0 Å². The van der Waals surface area contributed by atoms with Gasteiger partial charge in [0.05, 0.1) is 0 Å². The maximum absolute atomic E-state index is 4.71. The van der Waals surface area contributed by atoms with Gasteiger partial charge in [-0.3, -0.25) is 0 Å². The third kappa shape index (κ3) is 6.95. The smallest absolute Gasteiger partial charge is 0.00880 e. The van der Waals surface area contributed by atoms with E-state index in [0.717, 1.165) is 24.2 Å². The summed E-state index contributed by atoms with van der Waals surface area (Å²) in [6, 6.07) is 0. The summed E-state index contributed by atoms with van der Waals surface area (Å²) < 4.78 is 0. The van der Waals surface area contributed by atoms with Crippen LogP contribution in [0.25, 0.3) is 0 Å². The van der Waals surface area contributed by atoms with Crippen LogP contribution in [0.2, 0.25) is 0 Å². The van der Waals surface area contributed by atoms with Gasteiger partial charge in [-0.25, -0.2) is 0 Å². The Bertz CT molecular complexity index is 396. The van der Waals surface area contributed by atoms with E-state index < -0.39 is 0 Å². The monoisotopic (exact) mass is 346 g/mol. The van der Waals surface area contributed by atoms with Crippen molar-refractivity contribution in [1.82, 2.24) is 0 Å². The topological polar surface area (TPSA) is 0 Å². The van der Waals surface area contributed by atoms with Gasteiger partial charge >= 0.3 is 0 Å². The van der Waals surface area contributed by atoms with Crippen molar-refractivity contribution in [1.29, 1.82) is 0 Å². The van der Waals surface area contributed by atoms with E-state index in [4.69, 9.17) is 6.58 Å². The van der Waals surface area contributed by atoms with E-state index in [0.29, 0.717) is 11.3 Å². The minimum Gasteiger partial charge on any atom is -0.0990 e. The molecule has 1 fully saturated rings. The SMILES string of the molecule is C=C([C@H](C)CC(C)CC)C(C)(CCC/C=C\CC)C1CCC(C)CC1. The molecule has 0 spiro atoms. The Hall–Kier alpha value is -0.520. The summed E-state index contributed by atoms with van der Waals surface area (Å²) in [5.74, 6) is 3.25. The lowest BCUT2D eigenvalue weighted by molar-refractivity contribution is 0.129. The van der Waals surface area contributed by atoms with E-state index in [1.54, 1.807) is 5.57 Å². The summed E-state index contributed by atoms with van der Waals surface area (Å²) in [6.45, 7) is 19.1. The van der Waals surface area contributed by atoms with E-state index in [1.807, 2.05) is 0 Å². The predicted octanol–water partition coefficient (Wildman–Crippen LogP) is 8.58. The van der Waals surface area contributed by atoms with Gasteiger partial charge in [0.15, 0.2) is 0 Å². The van der Waals surface area contributed by atoms with Gasteiger partial charge in [0.25, 0.3) is 0 Å². The molecule has 0 heterocycles. The van der Waals surface area contributed by atoms with Gasteiger partial charge < -0.3 is 0 Å². The minimum absolute atomic E-state index is 0.340. The van der Waals surface area contributed by atoms with Gasteiger partial charge in [-0.1, -0.05) is 85.1 Å². The summed E-state index contributed by atoms with van der Waals surface area (Å²) in [5.41, 5.74) is 1.90. The molecule has 1 aliphatic rings. The molecule has 0 nitrogen and oxygen atoms in total. The fourth-order valence-electron chi connectivity index (χ4n) is 4.87. The van der Waals surface area contributed by atoms with Crippen LogP contribution < -0.4 is 0 Å². The number of unbranched alkanes of at least 4 members (excludes halogenated alkanes) is 1. The van der Waals surface area contributed by atoms with Crippen molar-refractivity contribution in [2.24, 2.45) is 29.1 Å². The average molecular weight is 347 g/mol. The Morgan fingerprint density at radius 3 is 2.32 bits per heavy atom. The first-order valence-corrected chi connectivity index (χ1v) is 11.2. The quantitative estimate of drug-likeness (QED) is 0.259. The second kappa shape index (κ2) is 11.2. The first kappa shape index (κ1) is 22.5. The molecule has 0 saturated heterocycles. The van der Waals surface area contributed by atoms with Gasteiger partial charge in [0.2, 0.25) is 0 Å². The molecule has 1 rings (SSSR count). The number of allylic oxidation sites excluding steroid dienone is 3. The molecule has 0 radical (unpaired) electrons. The lowest BCUT2D eigenvalue weighted by atomic mass is 9.60. The molecule has 146 valence electrons. The van der Waals surface area contributed by atoms with Gasteiger partial charge in [0, 0.05) is 0 Å². The summed E-state index contributed by atoms with van der Waals surface area (Å²) in [6.07, 6.45) is 18.0. The second-order valence-corrected chi connectivity index (χ2v) is 9.32. The van der Waals surface area contributed by atoms with Crippen LogP contribution in [-0.4, -0.2) is 0 Å². The summed E-state index contributed by atoms with van der Waals surface area (Å²) in [7, 11) is 0. The molecular weight excluding hydrogens is 300 g/mol. The van der Waals surface area contributed by atoms with Crippen LogP contribution >= 0.6 is 0 Å². The van der Waals surface area contributed by atoms with E-state index >= 15 is 0 Å². The Kier molecular flexibility index (Phi) is 10.1. The van der Waals surface area contributed by atoms with Crippen molar-refractivity contribution < 1.29 is 0 Å². The Morgan fingerprint density at radius 2 is 1.76 bits per heavy atom. The Balaban J connectivity index is 2.81. The molecule has 0 aromatic carbocycles. The maximum Gasteiger partial charge on any atom is -0.00880 e. The van der Waals surface area contributed by atoms with Crippen molar-refractivity contribution in [3.8, 4) is 0 Å². The zero-order valence-corrected chi connectivity index (χ0v) is 18.2. The van der Waals surface area contributed by atoms with E-state index in [1.165, 1.54) is 57.8 Å². The van der Waals surface area contributed by atoms with Crippen molar-refractivity contribution in [3.05, 3.63) is 24.3 Å². The lowest BCUT2D eigenvalue weighted by Crippen LogP contribution is -2.34. The van der Waals surface area contributed by atoms with Crippen molar-refractivity contribution in [3.63, 3.8) is 0 Å². The molecule has 25 heavy (non-hydrogen) atoms. The summed E-state index contributed by atoms with van der Waals surface area (Å²) in [5, 5.41) is 0. The highest BCUT2D eigenvalue weighted by Crippen LogP contribution is 2.50. The molecule has 3 atom stereocenters. The van der Waals surface area contributed by atoms with Crippen LogP contribution in [0.3, 0.4) is 0 Å². The van der Waals surface area contributed by atoms with Crippen LogP contribution in [0, 0.1) is 29.1 Å². The molecular formula is C25H46. The predicted molar refractivity (Wildman–Crippen MR) is 115 cm³/mol. The first-order chi connectivity index (χ1) is 11.8. The molecule has 0 bridgehead atoms. The van der Waals surface area contributed by atoms with Crippen molar-refractivity contribution >= 4 is 0 Å². The molecule has 0 aliphatic heterocycles. The van der Waals surface area contributed by atoms with Crippen LogP contribution in [0.1, 0.15) is 106 Å². The molecule has 1 aliphatic carbocycles. The Labute approximate surface area is 159 Å². The van der Waals surface area contributed by atoms with Crippen molar-refractivity contribution in [2.75, 3.05) is 0 Å². The van der Waals surface area contributed by atoms with Crippen LogP contribution in [-0.2, 0) is 0 Å².